The maximum atomic E-state index is 12.9. The van der Waals surface area contributed by atoms with E-state index in [2.05, 4.69) is 0 Å². The van der Waals surface area contributed by atoms with Crippen molar-refractivity contribution in [1.29, 1.82) is 0 Å². The van der Waals surface area contributed by atoms with Crippen LogP contribution in [0.4, 0.5) is 13.2 Å². The van der Waals surface area contributed by atoms with Crippen LogP contribution in [0.15, 0.2) is 30.3 Å². The van der Waals surface area contributed by atoms with E-state index in [-0.39, 0.29) is 12.2 Å². The predicted octanol–water partition coefficient (Wildman–Crippen LogP) is 4.24. The second-order valence-corrected chi connectivity index (χ2v) is 4.77. The largest absolute Gasteiger partial charge is 0.392 e. The Kier molecular flexibility index (Phi) is 3.73. The molecule has 0 spiro atoms. The first-order chi connectivity index (χ1) is 8.50. The van der Waals surface area contributed by atoms with Gasteiger partial charge in [-0.25, -0.2) is 0 Å². The third-order valence-corrected chi connectivity index (χ3v) is 3.58. The minimum atomic E-state index is -4.27. The summed E-state index contributed by atoms with van der Waals surface area (Å²) in [6.07, 6.45) is -2.58. The van der Waals surface area contributed by atoms with Crippen LogP contribution in [0.25, 0.3) is 0 Å². The molecule has 1 nitrogen and oxygen atoms in total. The van der Waals surface area contributed by atoms with Crippen molar-refractivity contribution in [3.05, 3.63) is 35.9 Å². The average Bonchev–Trinajstić information content (AvgIpc) is 2.38. The van der Waals surface area contributed by atoms with Crippen LogP contribution < -0.4 is 0 Å². The molecular formula is C14H15F3O. The number of carbonyl (C=O) groups is 1. The van der Waals surface area contributed by atoms with Gasteiger partial charge in [-0.3, -0.25) is 4.79 Å². The molecule has 1 fully saturated rings. The summed E-state index contributed by atoms with van der Waals surface area (Å²) in [5.41, 5.74) is 0.388. The first kappa shape index (κ1) is 13.1. The molecule has 18 heavy (non-hydrogen) atoms. The molecular weight excluding hydrogens is 241 g/mol. The van der Waals surface area contributed by atoms with E-state index in [0.717, 1.165) is 0 Å². The number of benzene rings is 1. The van der Waals surface area contributed by atoms with Crippen LogP contribution in [0.3, 0.4) is 0 Å². The molecule has 1 aromatic rings. The Morgan fingerprint density at radius 1 is 1.06 bits per heavy atom. The van der Waals surface area contributed by atoms with E-state index < -0.39 is 18.0 Å². The average molecular weight is 256 g/mol. The molecule has 1 aliphatic carbocycles. The van der Waals surface area contributed by atoms with Gasteiger partial charge in [0.05, 0.1) is 5.92 Å². The highest BCUT2D eigenvalue weighted by molar-refractivity contribution is 5.98. The fourth-order valence-electron chi connectivity index (χ4n) is 2.65. The van der Waals surface area contributed by atoms with E-state index in [9.17, 15) is 18.0 Å². The molecule has 1 aromatic carbocycles. The van der Waals surface area contributed by atoms with Gasteiger partial charge in [0.25, 0.3) is 0 Å². The fraction of sp³-hybridized carbons (Fsp3) is 0.500. The van der Waals surface area contributed by atoms with Gasteiger partial charge in [0.15, 0.2) is 5.78 Å². The SMILES string of the molecule is O=C(c1ccccc1)C1CCCCC1C(F)(F)F. The highest BCUT2D eigenvalue weighted by Gasteiger charge is 2.47. The molecule has 2 rings (SSSR count). The van der Waals surface area contributed by atoms with Gasteiger partial charge in [0, 0.05) is 11.5 Å². The normalized spacial score (nSPS) is 24.8. The van der Waals surface area contributed by atoms with Crippen LogP contribution >= 0.6 is 0 Å². The zero-order valence-electron chi connectivity index (χ0n) is 9.91. The fourth-order valence-corrected chi connectivity index (χ4v) is 2.65. The summed E-state index contributed by atoms with van der Waals surface area (Å²) in [6.45, 7) is 0. The molecule has 0 aliphatic heterocycles. The Bertz CT molecular complexity index is 411. The Balaban J connectivity index is 2.22. The Hall–Kier alpha value is -1.32. The molecule has 0 aromatic heterocycles. The smallest absolute Gasteiger partial charge is 0.294 e. The maximum Gasteiger partial charge on any atom is 0.392 e. The zero-order chi connectivity index (χ0) is 13.2. The zero-order valence-corrected chi connectivity index (χ0v) is 9.91. The first-order valence-electron chi connectivity index (χ1n) is 6.16. The molecule has 0 N–H and O–H groups in total. The van der Waals surface area contributed by atoms with Crippen LogP contribution in [0, 0.1) is 11.8 Å². The molecule has 1 saturated carbocycles. The van der Waals surface area contributed by atoms with Crippen molar-refractivity contribution in [2.24, 2.45) is 11.8 Å². The van der Waals surface area contributed by atoms with Crippen molar-refractivity contribution in [1.82, 2.24) is 0 Å². The molecule has 2 atom stereocenters. The quantitative estimate of drug-likeness (QED) is 0.723. The predicted molar refractivity (Wildman–Crippen MR) is 62.3 cm³/mol. The van der Waals surface area contributed by atoms with Gasteiger partial charge in [-0.2, -0.15) is 13.2 Å². The second kappa shape index (κ2) is 5.12. The lowest BCUT2D eigenvalue weighted by molar-refractivity contribution is -0.190. The molecule has 4 heteroatoms. The summed E-state index contributed by atoms with van der Waals surface area (Å²) in [5.74, 6) is -2.74. The van der Waals surface area contributed by atoms with Crippen LogP contribution in [0.1, 0.15) is 36.0 Å². The number of hydrogen-bond donors (Lipinski definition) is 0. The third kappa shape index (κ3) is 2.74. The van der Waals surface area contributed by atoms with Crippen LogP contribution in [0.2, 0.25) is 0 Å². The molecule has 0 radical (unpaired) electrons. The van der Waals surface area contributed by atoms with E-state index in [1.165, 1.54) is 0 Å². The molecule has 2 unspecified atom stereocenters. The summed E-state index contributed by atoms with van der Waals surface area (Å²) in [5, 5.41) is 0. The Morgan fingerprint density at radius 2 is 1.67 bits per heavy atom. The summed E-state index contributed by atoms with van der Waals surface area (Å²) in [4.78, 5) is 12.2. The lowest BCUT2D eigenvalue weighted by atomic mass is 9.75. The van der Waals surface area contributed by atoms with Gasteiger partial charge in [-0.1, -0.05) is 43.2 Å². The van der Waals surface area contributed by atoms with Crippen molar-refractivity contribution in [3.8, 4) is 0 Å². The van der Waals surface area contributed by atoms with E-state index in [1.807, 2.05) is 0 Å². The number of hydrogen-bond acceptors (Lipinski definition) is 1. The molecule has 0 saturated heterocycles. The van der Waals surface area contributed by atoms with Gasteiger partial charge in [0.2, 0.25) is 0 Å². The van der Waals surface area contributed by atoms with Crippen molar-refractivity contribution in [2.45, 2.75) is 31.9 Å². The molecule has 0 heterocycles. The van der Waals surface area contributed by atoms with Crippen molar-refractivity contribution in [3.63, 3.8) is 0 Å². The lowest BCUT2D eigenvalue weighted by Gasteiger charge is -2.32. The second-order valence-electron chi connectivity index (χ2n) is 4.77. The number of halogens is 3. The monoisotopic (exact) mass is 256 g/mol. The highest BCUT2D eigenvalue weighted by Crippen LogP contribution is 2.42. The Morgan fingerprint density at radius 3 is 2.28 bits per heavy atom. The van der Waals surface area contributed by atoms with E-state index in [0.29, 0.717) is 24.8 Å². The number of ketones is 1. The standard InChI is InChI=1S/C14H15F3O/c15-14(16,17)12-9-5-4-8-11(12)13(18)10-6-2-1-3-7-10/h1-3,6-7,11-12H,4-5,8-9H2. The van der Waals surface area contributed by atoms with Gasteiger partial charge in [0.1, 0.15) is 0 Å². The minimum Gasteiger partial charge on any atom is -0.294 e. The van der Waals surface area contributed by atoms with Crippen molar-refractivity contribution < 1.29 is 18.0 Å². The number of carbonyl (C=O) groups excluding carboxylic acids is 1. The first-order valence-corrected chi connectivity index (χ1v) is 6.16. The lowest BCUT2D eigenvalue weighted by Crippen LogP contribution is -2.37. The van der Waals surface area contributed by atoms with Crippen LogP contribution in [0.5, 0.6) is 0 Å². The topological polar surface area (TPSA) is 17.1 Å². The highest BCUT2D eigenvalue weighted by atomic mass is 19.4. The molecule has 0 amide bonds. The van der Waals surface area contributed by atoms with Gasteiger partial charge in [-0.05, 0) is 12.8 Å². The van der Waals surface area contributed by atoms with Crippen molar-refractivity contribution >= 4 is 5.78 Å². The molecule has 98 valence electrons. The third-order valence-electron chi connectivity index (χ3n) is 3.58. The maximum absolute atomic E-state index is 12.9. The van der Waals surface area contributed by atoms with Crippen LogP contribution in [-0.4, -0.2) is 12.0 Å². The summed E-state index contributed by atoms with van der Waals surface area (Å²) in [7, 11) is 0. The number of rotatable bonds is 2. The van der Waals surface area contributed by atoms with Gasteiger partial charge in [-0.15, -0.1) is 0 Å². The minimum absolute atomic E-state index is 0.0761. The van der Waals surface area contributed by atoms with Gasteiger partial charge < -0.3 is 0 Å². The molecule has 0 bridgehead atoms. The summed E-state index contributed by atoms with van der Waals surface area (Å²) < 4.78 is 38.7. The van der Waals surface area contributed by atoms with E-state index in [4.69, 9.17) is 0 Å². The number of Topliss-reactive ketones (excluding diaryl/α,β-unsaturated/α-hetero) is 1. The van der Waals surface area contributed by atoms with E-state index >= 15 is 0 Å². The van der Waals surface area contributed by atoms with Crippen molar-refractivity contribution in [2.75, 3.05) is 0 Å². The summed E-state index contributed by atoms with van der Waals surface area (Å²) in [6, 6.07) is 8.28. The Labute approximate surface area is 104 Å². The van der Waals surface area contributed by atoms with Gasteiger partial charge >= 0.3 is 6.18 Å². The number of alkyl halides is 3. The van der Waals surface area contributed by atoms with Crippen LogP contribution in [-0.2, 0) is 0 Å². The summed E-state index contributed by atoms with van der Waals surface area (Å²) >= 11 is 0. The van der Waals surface area contributed by atoms with E-state index in [1.54, 1.807) is 30.3 Å². The molecule has 1 aliphatic rings.